The summed E-state index contributed by atoms with van der Waals surface area (Å²) in [6.45, 7) is -0.582. The van der Waals surface area contributed by atoms with Crippen LogP contribution in [0.5, 0.6) is 5.88 Å². The minimum absolute atomic E-state index is 0.108. The number of carbonyl (C=O) groups excluding carboxylic acids is 2. The molecule has 3 N–H and O–H groups in total. The van der Waals surface area contributed by atoms with Gasteiger partial charge in [-0.1, -0.05) is 11.6 Å². The van der Waals surface area contributed by atoms with Gasteiger partial charge < -0.3 is 15.6 Å². The average molecular weight is 725 g/mol. The Labute approximate surface area is 272 Å². The third kappa shape index (κ3) is 15.4. The summed E-state index contributed by atoms with van der Waals surface area (Å²) in [4.78, 5) is 53.6. The van der Waals surface area contributed by atoms with Crippen LogP contribution in [-0.2, 0) is 18.9 Å². The standard InChI is InChI=1S/C8H4ClFN2O.C8H5FN2O2.C5H5FN2.C5H8O3.Cl2OP/c9-6-3-8(13)12-4-5(10)1-2-7(12)11-6;9-5-1-2-6-10-7(12)3-8(13)11(6)4-5;6-4-1-2-5(7)8-3-4;1-4(6)3-5(7)8-2;1-4(2)3/h1-4H;1-4,12H;1-3H,(H2,7,8);3H2,1-2H3;/q;;;;+1. The molecule has 5 aromatic rings. The lowest BCUT2D eigenvalue weighted by atomic mass is 10.3. The van der Waals surface area contributed by atoms with Crippen LogP contribution in [0.1, 0.15) is 13.3 Å². The fraction of sp³-hybridized carbons (Fsp3) is 0.115. The van der Waals surface area contributed by atoms with Crippen molar-refractivity contribution in [2.75, 3.05) is 12.8 Å². The molecular formula is C26H22Cl3F3N6O7P+. The number of halogens is 6. The molecule has 0 fully saturated rings. The van der Waals surface area contributed by atoms with Gasteiger partial charge in [0.15, 0.2) is 0 Å². The Hall–Kier alpha value is -4.63. The molecule has 0 amide bonds. The number of rotatable bonds is 2. The summed E-state index contributed by atoms with van der Waals surface area (Å²) in [6, 6.07) is 9.83. The molecule has 0 spiro atoms. The second kappa shape index (κ2) is 19.7. The van der Waals surface area contributed by atoms with Crippen molar-refractivity contribution in [1.29, 1.82) is 0 Å². The highest BCUT2D eigenvalue weighted by atomic mass is 35.9. The first-order valence-electron chi connectivity index (χ1n) is 12.0. The number of carbonyl (C=O) groups is 2. The maximum Gasteiger partial charge on any atom is 0.575 e. The van der Waals surface area contributed by atoms with E-state index in [1.807, 2.05) is 0 Å². The van der Waals surface area contributed by atoms with Crippen molar-refractivity contribution >= 4 is 69.5 Å². The molecule has 5 heterocycles. The number of hydrogen-bond acceptors (Lipinski definition) is 11. The van der Waals surface area contributed by atoms with Gasteiger partial charge in [0.25, 0.3) is 11.1 Å². The second-order valence-electron chi connectivity index (χ2n) is 8.08. The zero-order valence-corrected chi connectivity index (χ0v) is 26.6. The largest absolute Gasteiger partial charge is 0.575 e. The minimum Gasteiger partial charge on any atom is -0.493 e. The van der Waals surface area contributed by atoms with E-state index in [-0.39, 0.29) is 34.7 Å². The quantitative estimate of drug-likeness (QED) is 0.107. The Balaban J connectivity index is 0.000000302. The lowest BCUT2D eigenvalue weighted by molar-refractivity contribution is -0.142. The summed E-state index contributed by atoms with van der Waals surface area (Å²) in [5.74, 6) is -2.04. The Morgan fingerprint density at radius 3 is 1.80 bits per heavy atom. The molecule has 46 heavy (non-hydrogen) atoms. The Morgan fingerprint density at radius 1 is 0.913 bits per heavy atom. The van der Waals surface area contributed by atoms with Gasteiger partial charge in [-0.15, -0.1) is 0 Å². The van der Waals surface area contributed by atoms with Crippen LogP contribution in [0.2, 0.25) is 5.15 Å². The van der Waals surface area contributed by atoms with Gasteiger partial charge in [0, 0.05) is 18.5 Å². The van der Waals surface area contributed by atoms with Crippen molar-refractivity contribution < 1.29 is 37.2 Å². The summed E-state index contributed by atoms with van der Waals surface area (Å²) >= 11 is 14.6. The molecule has 0 unspecified atom stereocenters. The number of pyridine rings is 3. The number of hydrogen-bond donors (Lipinski definition) is 2. The van der Waals surface area contributed by atoms with Crippen LogP contribution < -0.4 is 16.9 Å². The highest BCUT2D eigenvalue weighted by Gasteiger charge is 2.03. The zero-order valence-electron chi connectivity index (χ0n) is 23.5. The van der Waals surface area contributed by atoms with Gasteiger partial charge in [0.1, 0.15) is 51.9 Å². The minimum atomic E-state index is -1.93. The molecule has 20 heteroatoms. The predicted octanol–water partition coefficient (Wildman–Crippen LogP) is 5.09. The molecule has 0 saturated heterocycles. The number of anilines is 1. The van der Waals surface area contributed by atoms with E-state index < -0.39 is 35.2 Å². The third-order valence-electron chi connectivity index (χ3n) is 4.57. The molecule has 0 aliphatic rings. The molecule has 0 aliphatic carbocycles. The van der Waals surface area contributed by atoms with Crippen molar-refractivity contribution in [2.24, 2.45) is 0 Å². The summed E-state index contributed by atoms with van der Waals surface area (Å²) in [5, 5.41) is 9.07. The summed E-state index contributed by atoms with van der Waals surface area (Å²) in [5.41, 5.74) is 4.79. The van der Waals surface area contributed by atoms with E-state index in [0.717, 1.165) is 39.5 Å². The molecule has 0 atom stereocenters. The second-order valence-corrected chi connectivity index (χ2v) is 11.2. The third-order valence-corrected chi connectivity index (χ3v) is 4.77. The number of nitrogen functional groups attached to an aromatic ring is 1. The number of ether oxygens (including phenoxy) is 1. The number of methoxy groups -OCH3 is 1. The van der Waals surface area contributed by atoms with E-state index in [2.05, 4.69) is 42.2 Å². The number of Topliss-reactive ketones (excluding diaryl/α,β-unsaturated/α-hetero) is 1. The smallest absolute Gasteiger partial charge is 0.493 e. The normalized spacial score (nSPS) is 9.57. The van der Waals surface area contributed by atoms with Gasteiger partial charge >= 0.3 is 12.5 Å². The van der Waals surface area contributed by atoms with E-state index in [9.17, 15) is 32.3 Å². The first kappa shape index (κ1) is 39.4. The fourth-order valence-electron chi connectivity index (χ4n) is 2.77. The zero-order chi connectivity index (χ0) is 35.0. The van der Waals surface area contributed by atoms with Crippen LogP contribution >= 0.6 is 40.6 Å². The average Bonchev–Trinajstić information content (AvgIpc) is 2.96. The fourth-order valence-corrected chi connectivity index (χ4v) is 2.95. The van der Waals surface area contributed by atoms with Crippen LogP contribution in [0.15, 0.2) is 76.7 Å². The van der Waals surface area contributed by atoms with Gasteiger partial charge in [-0.05, 0) is 47.9 Å². The van der Waals surface area contributed by atoms with Crippen molar-refractivity contribution in [2.45, 2.75) is 13.3 Å². The van der Waals surface area contributed by atoms with E-state index in [1.165, 1.54) is 50.4 Å². The maximum atomic E-state index is 12.7. The first-order valence-corrected chi connectivity index (χ1v) is 15.4. The first-order chi connectivity index (χ1) is 21.5. The number of aromatic nitrogens is 5. The Bertz CT molecular complexity index is 1810. The molecule has 5 aromatic heterocycles. The van der Waals surface area contributed by atoms with Crippen molar-refractivity contribution in [3.05, 3.63) is 110 Å². The number of ketones is 1. The monoisotopic (exact) mass is 723 g/mol. The Kier molecular flexibility index (Phi) is 16.9. The molecule has 0 aliphatic heterocycles. The molecule has 5 rings (SSSR count). The topological polar surface area (TPSA) is 188 Å². The van der Waals surface area contributed by atoms with Crippen LogP contribution in [0, 0.1) is 17.5 Å². The number of nitrogens with two attached hydrogens (primary N) is 1. The van der Waals surface area contributed by atoms with Gasteiger partial charge in [0.2, 0.25) is 28.4 Å². The van der Waals surface area contributed by atoms with Gasteiger partial charge in [-0.25, -0.2) is 23.1 Å². The summed E-state index contributed by atoms with van der Waals surface area (Å²) < 4.78 is 52.8. The molecule has 0 saturated carbocycles. The number of nitrogens with zero attached hydrogens (tertiary/aromatic N) is 5. The van der Waals surface area contributed by atoms with Crippen molar-refractivity contribution in [3.8, 4) is 5.88 Å². The summed E-state index contributed by atoms with van der Waals surface area (Å²) in [6.07, 6.45) is 3.05. The van der Waals surface area contributed by atoms with E-state index in [4.69, 9.17) is 27.0 Å². The van der Waals surface area contributed by atoms with Crippen molar-refractivity contribution in [3.63, 3.8) is 0 Å². The highest BCUT2D eigenvalue weighted by molar-refractivity contribution is 7.95. The van der Waals surface area contributed by atoms with Gasteiger partial charge in [-0.2, -0.15) is 4.98 Å². The lowest BCUT2D eigenvalue weighted by Gasteiger charge is -1.98. The molecule has 0 bridgehead atoms. The molecule has 0 radical (unpaired) electrons. The molecule has 13 nitrogen and oxygen atoms in total. The lowest BCUT2D eigenvalue weighted by Crippen LogP contribution is -2.13. The predicted molar refractivity (Wildman–Crippen MR) is 165 cm³/mol. The highest BCUT2D eigenvalue weighted by Crippen LogP contribution is 2.31. The van der Waals surface area contributed by atoms with Gasteiger partial charge in [0.05, 0.1) is 19.4 Å². The molecule has 0 aromatic carbocycles. The van der Waals surface area contributed by atoms with Crippen LogP contribution in [0.3, 0.4) is 0 Å². The van der Waals surface area contributed by atoms with E-state index in [1.54, 1.807) is 0 Å². The number of aromatic hydroxyl groups is 1. The van der Waals surface area contributed by atoms with E-state index >= 15 is 0 Å². The van der Waals surface area contributed by atoms with Gasteiger partial charge in [-0.3, -0.25) is 28.0 Å². The van der Waals surface area contributed by atoms with Crippen LogP contribution in [-0.4, -0.2) is 47.7 Å². The molecule has 244 valence electrons. The van der Waals surface area contributed by atoms with Crippen molar-refractivity contribution in [1.82, 2.24) is 23.8 Å². The Morgan fingerprint density at radius 2 is 1.39 bits per heavy atom. The van der Waals surface area contributed by atoms with Crippen LogP contribution in [0.4, 0.5) is 19.0 Å². The number of esters is 1. The maximum absolute atomic E-state index is 12.7. The summed E-state index contributed by atoms with van der Waals surface area (Å²) in [7, 11) is 1.26. The van der Waals surface area contributed by atoms with E-state index in [0.29, 0.717) is 11.5 Å². The number of fused-ring (bicyclic) bond motifs is 2. The SMILES string of the molecule is COC(=O)CC(C)=O.Nc1ccc(F)cn1.O=[P+](Cl)Cl.O=c1cc(Cl)nc2ccc(F)cn12.O=c1cc(O)nc2ccc(F)cn12. The van der Waals surface area contributed by atoms with Crippen LogP contribution in [0.25, 0.3) is 11.3 Å². The molecular weight excluding hydrogens is 703 g/mol.